The number of hydrogen-bond donors (Lipinski definition) is 1. The zero-order valence-corrected chi connectivity index (χ0v) is 16.3. The molecule has 0 amide bonds. The highest BCUT2D eigenvalue weighted by molar-refractivity contribution is 7.53. The van der Waals surface area contributed by atoms with Crippen molar-refractivity contribution in [1.29, 1.82) is 0 Å². The molecule has 2 N–H and O–H groups in total. The summed E-state index contributed by atoms with van der Waals surface area (Å²) in [5, 5.41) is 0. The summed E-state index contributed by atoms with van der Waals surface area (Å²) >= 11 is 0. The second-order valence-electron chi connectivity index (χ2n) is 5.37. The number of anilines is 1. The van der Waals surface area contributed by atoms with Gasteiger partial charge < -0.3 is 28.8 Å². The number of hydrogen-bond acceptors (Lipinski definition) is 9. The lowest BCUT2D eigenvalue weighted by molar-refractivity contribution is 0.141. The van der Waals surface area contributed by atoms with Crippen molar-refractivity contribution in [3.8, 4) is 6.01 Å². The molecule has 0 aliphatic rings. The molecule has 2 aromatic heterocycles. The Hall–Kier alpha value is -1.74. The summed E-state index contributed by atoms with van der Waals surface area (Å²) in [6.45, 7) is 5.55. The molecular formula is C15H26N5O5P. The highest BCUT2D eigenvalue weighted by atomic mass is 31.2. The van der Waals surface area contributed by atoms with E-state index in [-0.39, 0.29) is 11.8 Å². The van der Waals surface area contributed by atoms with E-state index in [1.807, 2.05) is 4.57 Å². The van der Waals surface area contributed by atoms with Crippen LogP contribution in [0.5, 0.6) is 6.01 Å². The lowest BCUT2D eigenvalue weighted by atomic mass is 10.4. The van der Waals surface area contributed by atoms with Crippen molar-refractivity contribution in [3.63, 3.8) is 0 Å². The molecule has 0 saturated heterocycles. The lowest BCUT2D eigenvalue weighted by Crippen LogP contribution is -2.09. The molecule has 2 heterocycles. The number of nitrogens with two attached hydrogens (primary N) is 1. The average Bonchev–Trinajstić information content (AvgIpc) is 2.99. The summed E-state index contributed by atoms with van der Waals surface area (Å²) in [6, 6.07) is 0.170. The summed E-state index contributed by atoms with van der Waals surface area (Å²) in [4.78, 5) is 12.7. The monoisotopic (exact) mass is 387 g/mol. The molecule has 2 aromatic rings. The standard InChI is InChI=1S/C15H26N5O5P/c1-4-24-26(21,25-5-2)10-6-7-20-11-17-12-13(16)18-15(19-14(12)20)23-9-8-22-3/h11H,4-10H2,1-3H3,(H2,16,18,19). The van der Waals surface area contributed by atoms with E-state index in [1.54, 1.807) is 27.3 Å². The van der Waals surface area contributed by atoms with Crippen LogP contribution in [0.25, 0.3) is 11.2 Å². The van der Waals surface area contributed by atoms with E-state index in [9.17, 15) is 4.57 Å². The zero-order chi connectivity index (χ0) is 19.0. The van der Waals surface area contributed by atoms with Gasteiger partial charge in [0.15, 0.2) is 11.5 Å². The Morgan fingerprint density at radius 3 is 2.58 bits per heavy atom. The number of ether oxygens (including phenoxy) is 2. The summed E-state index contributed by atoms with van der Waals surface area (Å²) in [5.41, 5.74) is 6.99. The van der Waals surface area contributed by atoms with Crippen LogP contribution in [-0.2, 0) is 24.9 Å². The minimum Gasteiger partial charge on any atom is -0.461 e. The van der Waals surface area contributed by atoms with Crippen molar-refractivity contribution in [2.24, 2.45) is 0 Å². The number of imidazole rings is 1. The van der Waals surface area contributed by atoms with Gasteiger partial charge in [-0.2, -0.15) is 9.97 Å². The first-order chi connectivity index (χ1) is 12.5. The van der Waals surface area contributed by atoms with Gasteiger partial charge in [0.2, 0.25) is 0 Å². The van der Waals surface area contributed by atoms with Gasteiger partial charge in [-0.25, -0.2) is 4.98 Å². The molecule has 0 atom stereocenters. The number of aryl methyl sites for hydroxylation is 1. The molecule has 11 heteroatoms. The van der Waals surface area contributed by atoms with E-state index in [4.69, 9.17) is 24.3 Å². The van der Waals surface area contributed by atoms with E-state index in [0.717, 1.165) is 0 Å². The third kappa shape index (κ3) is 5.38. The molecule has 0 fully saturated rings. The van der Waals surface area contributed by atoms with Gasteiger partial charge in [-0.1, -0.05) is 0 Å². The molecule has 26 heavy (non-hydrogen) atoms. The molecule has 0 spiro atoms. The summed E-state index contributed by atoms with van der Waals surface area (Å²) in [5.74, 6) is 0.246. The second kappa shape index (κ2) is 9.82. The Morgan fingerprint density at radius 1 is 1.19 bits per heavy atom. The summed E-state index contributed by atoms with van der Waals surface area (Å²) in [6.07, 6.45) is 2.51. The number of aromatic nitrogens is 4. The highest BCUT2D eigenvalue weighted by Crippen LogP contribution is 2.48. The van der Waals surface area contributed by atoms with Gasteiger partial charge in [-0.15, -0.1) is 0 Å². The van der Waals surface area contributed by atoms with Crippen molar-refractivity contribution in [2.45, 2.75) is 26.8 Å². The van der Waals surface area contributed by atoms with Crippen LogP contribution in [0, 0.1) is 0 Å². The van der Waals surface area contributed by atoms with Crippen LogP contribution in [0.15, 0.2) is 6.33 Å². The van der Waals surface area contributed by atoms with E-state index < -0.39 is 7.60 Å². The predicted octanol–water partition coefficient (Wildman–Crippen LogP) is 2.09. The topological polar surface area (TPSA) is 124 Å². The van der Waals surface area contributed by atoms with Crippen molar-refractivity contribution in [1.82, 2.24) is 19.5 Å². The van der Waals surface area contributed by atoms with Crippen LogP contribution in [-0.4, -0.2) is 59.2 Å². The van der Waals surface area contributed by atoms with Gasteiger partial charge in [0.1, 0.15) is 12.1 Å². The molecule has 0 aliphatic heterocycles. The molecular weight excluding hydrogens is 361 g/mol. The lowest BCUT2D eigenvalue weighted by Gasteiger charge is -2.16. The first-order valence-electron chi connectivity index (χ1n) is 8.51. The number of fused-ring (bicyclic) bond motifs is 1. The highest BCUT2D eigenvalue weighted by Gasteiger charge is 2.23. The first kappa shape index (κ1) is 20.6. The van der Waals surface area contributed by atoms with Gasteiger partial charge in [-0.05, 0) is 20.3 Å². The summed E-state index contributed by atoms with van der Waals surface area (Å²) in [7, 11) is -1.48. The van der Waals surface area contributed by atoms with E-state index >= 15 is 0 Å². The quantitative estimate of drug-likeness (QED) is 0.430. The Morgan fingerprint density at radius 2 is 1.92 bits per heavy atom. The van der Waals surface area contributed by atoms with Gasteiger partial charge in [0.25, 0.3) is 0 Å². The molecule has 2 rings (SSSR count). The fourth-order valence-electron chi connectivity index (χ4n) is 2.38. The second-order valence-corrected chi connectivity index (χ2v) is 7.55. The average molecular weight is 387 g/mol. The largest absolute Gasteiger partial charge is 0.461 e. The zero-order valence-electron chi connectivity index (χ0n) is 15.4. The van der Waals surface area contributed by atoms with E-state index in [1.165, 1.54) is 0 Å². The fraction of sp³-hybridized carbons (Fsp3) is 0.667. The van der Waals surface area contributed by atoms with Crippen LogP contribution in [0.4, 0.5) is 5.82 Å². The number of rotatable bonds is 12. The Labute approximate surface area is 152 Å². The van der Waals surface area contributed by atoms with Crippen molar-refractivity contribution >= 4 is 24.6 Å². The predicted molar refractivity (Wildman–Crippen MR) is 97.4 cm³/mol. The normalized spacial score (nSPS) is 12.0. The van der Waals surface area contributed by atoms with Gasteiger partial charge in [0, 0.05) is 13.7 Å². The Kier molecular flexibility index (Phi) is 7.77. The van der Waals surface area contributed by atoms with Gasteiger partial charge in [-0.3, -0.25) is 4.57 Å². The number of methoxy groups -OCH3 is 1. The minimum atomic E-state index is -3.07. The van der Waals surface area contributed by atoms with Crippen molar-refractivity contribution in [2.75, 3.05) is 45.4 Å². The Balaban J connectivity index is 2.08. The van der Waals surface area contributed by atoms with Crippen molar-refractivity contribution < 1.29 is 23.1 Å². The molecule has 146 valence electrons. The number of nitrogen functional groups attached to an aromatic ring is 1. The molecule has 0 aromatic carbocycles. The third-order valence-electron chi connectivity index (χ3n) is 3.47. The maximum Gasteiger partial charge on any atom is 0.330 e. The Bertz CT molecular complexity index is 743. The van der Waals surface area contributed by atoms with E-state index in [2.05, 4.69) is 15.0 Å². The SMILES string of the molecule is CCOP(=O)(CCCn1cnc2c(N)nc(OCCOC)nc21)OCC. The summed E-state index contributed by atoms with van der Waals surface area (Å²) < 4.78 is 35.3. The fourth-order valence-corrected chi connectivity index (χ4v) is 4.03. The maximum absolute atomic E-state index is 12.5. The molecule has 0 unspecified atom stereocenters. The van der Waals surface area contributed by atoms with Gasteiger partial charge >= 0.3 is 13.6 Å². The first-order valence-corrected chi connectivity index (χ1v) is 10.2. The smallest absolute Gasteiger partial charge is 0.330 e. The van der Waals surface area contributed by atoms with Gasteiger partial charge in [0.05, 0.1) is 32.3 Å². The maximum atomic E-state index is 12.5. The van der Waals surface area contributed by atoms with Crippen molar-refractivity contribution in [3.05, 3.63) is 6.33 Å². The number of nitrogens with zero attached hydrogens (tertiary/aromatic N) is 4. The molecule has 10 nitrogen and oxygen atoms in total. The van der Waals surface area contributed by atoms with Crippen LogP contribution in [0.2, 0.25) is 0 Å². The molecule has 0 aliphatic carbocycles. The molecule has 0 bridgehead atoms. The van der Waals surface area contributed by atoms with Crippen LogP contribution >= 0.6 is 7.60 Å². The third-order valence-corrected chi connectivity index (χ3v) is 5.64. The molecule has 0 radical (unpaired) electrons. The van der Waals surface area contributed by atoms with Crippen LogP contribution in [0.3, 0.4) is 0 Å². The molecule has 0 saturated carbocycles. The van der Waals surface area contributed by atoms with Crippen LogP contribution < -0.4 is 10.5 Å². The van der Waals surface area contributed by atoms with E-state index in [0.29, 0.717) is 56.7 Å². The van der Waals surface area contributed by atoms with Crippen LogP contribution in [0.1, 0.15) is 20.3 Å². The minimum absolute atomic E-state index is 0.170.